The number of hydrogen-bond donors (Lipinski definition) is 2. The molecule has 9 heteroatoms. The number of carbonyl (C=O) groups excluding carboxylic acids is 2. The van der Waals surface area contributed by atoms with Crippen molar-refractivity contribution in [2.75, 3.05) is 11.9 Å². The number of aromatic nitrogens is 2. The maximum Gasteiger partial charge on any atom is 0.434 e. The zero-order valence-corrected chi connectivity index (χ0v) is 18.1. The topological polar surface area (TPSA) is 76.0 Å². The lowest BCUT2D eigenvalue weighted by Crippen LogP contribution is -2.34. The monoisotopic (exact) mass is 444 g/mol. The van der Waals surface area contributed by atoms with Gasteiger partial charge in [0.2, 0.25) is 5.91 Å². The van der Waals surface area contributed by atoms with Crippen LogP contribution in [0, 0.1) is 27.7 Å². The van der Waals surface area contributed by atoms with Gasteiger partial charge in [-0.2, -0.15) is 18.3 Å². The molecule has 32 heavy (non-hydrogen) atoms. The molecular formula is C23H23F3N4O2. The maximum absolute atomic E-state index is 13.8. The Hall–Kier alpha value is -3.62. The summed E-state index contributed by atoms with van der Waals surface area (Å²) >= 11 is 0. The van der Waals surface area contributed by atoms with E-state index >= 15 is 0 Å². The lowest BCUT2D eigenvalue weighted by Gasteiger charge is -2.15. The van der Waals surface area contributed by atoms with Crippen LogP contribution in [0.5, 0.6) is 0 Å². The molecule has 0 unspecified atom stereocenters. The molecule has 6 nitrogen and oxygen atoms in total. The standard InChI is InChI=1S/C23H23F3N4O2/c1-13-9-15(3)20(16(4)10-13)29-19(31)12-27-22(32)17-11-28-30(21(17)23(24,25)26)18-8-6-5-7-14(18)2/h5-11H,12H2,1-4H3,(H,27,32)(H,29,31). The van der Waals surface area contributed by atoms with E-state index in [9.17, 15) is 22.8 Å². The second-order valence-electron chi connectivity index (χ2n) is 7.61. The summed E-state index contributed by atoms with van der Waals surface area (Å²) < 4.78 is 42.1. The van der Waals surface area contributed by atoms with Crippen molar-refractivity contribution in [2.24, 2.45) is 0 Å². The first kappa shape index (κ1) is 23.1. The Balaban J connectivity index is 1.80. The predicted molar refractivity (Wildman–Crippen MR) is 115 cm³/mol. The molecule has 168 valence electrons. The van der Waals surface area contributed by atoms with Crippen molar-refractivity contribution in [1.29, 1.82) is 0 Å². The number of para-hydroxylation sites is 1. The quantitative estimate of drug-likeness (QED) is 0.609. The summed E-state index contributed by atoms with van der Waals surface area (Å²) in [7, 11) is 0. The molecule has 1 heterocycles. The number of benzene rings is 2. The molecule has 0 aliphatic carbocycles. The van der Waals surface area contributed by atoms with E-state index in [1.807, 2.05) is 32.9 Å². The third-order valence-electron chi connectivity index (χ3n) is 4.98. The molecule has 0 bridgehead atoms. The molecule has 2 aromatic carbocycles. The summed E-state index contributed by atoms with van der Waals surface area (Å²) in [5.74, 6) is -1.59. The highest BCUT2D eigenvalue weighted by Crippen LogP contribution is 2.34. The molecular weight excluding hydrogens is 421 g/mol. The second-order valence-corrected chi connectivity index (χ2v) is 7.61. The van der Waals surface area contributed by atoms with Crippen LogP contribution < -0.4 is 10.6 Å². The Labute approximate surface area is 183 Å². The van der Waals surface area contributed by atoms with E-state index in [1.165, 1.54) is 6.07 Å². The van der Waals surface area contributed by atoms with Gasteiger partial charge < -0.3 is 10.6 Å². The van der Waals surface area contributed by atoms with Crippen molar-refractivity contribution in [2.45, 2.75) is 33.9 Å². The number of aryl methyl sites for hydroxylation is 4. The SMILES string of the molecule is Cc1cc(C)c(NC(=O)CNC(=O)c2cnn(-c3ccccc3C)c2C(F)(F)F)c(C)c1. The van der Waals surface area contributed by atoms with E-state index < -0.39 is 35.8 Å². The largest absolute Gasteiger partial charge is 0.434 e. The summed E-state index contributed by atoms with van der Waals surface area (Å²) in [6.45, 7) is 6.77. The smallest absolute Gasteiger partial charge is 0.343 e. The Morgan fingerprint density at radius 1 is 1.00 bits per heavy atom. The van der Waals surface area contributed by atoms with Crippen molar-refractivity contribution in [3.8, 4) is 5.69 Å². The van der Waals surface area contributed by atoms with Crippen LogP contribution in [-0.2, 0) is 11.0 Å². The van der Waals surface area contributed by atoms with Gasteiger partial charge in [0.05, 0.1) is 24.0 Å². The highest BCUT2D eigenvalue weighted by Gasteiger charge is 2.40. The summed E-state index contributed by atoms with van der Waals surface area (Å²) in [5, 5.41) is 8.75. The minimum absolute atomic E-state index is 0.210. The first-order chi connectivity index (χ1) is 15.0. The predicted octanol–water partition coefficient (Wildman–Crippen LogP) is 4.49. The molecule has 0 radical (unpaired) electrons. The van der Waals surface area contributed by atoms with Crippen LogP contribution in [0.15, 0.2) is 42.6 Å². The first-order valence-electron chi connectivity index (χ1n) is 9.86. The number of carbonyl (C=O) groups is 2. The fraction of sp³-hybridized carbons (Fsp3) is 0.261. The van der Waals surface area contributed by atoms with Gasteiger partial charge in [-0.25, -0.2) is 4.68 Å². The minimum Gasteiger partial charge on any atom is -0.343 e. The van der Waals surface area contributed by atoms with Crippen molar-refractivity contribution in [1.82, 2.24) is 15.1 Å². The van der Waals surface area contributed by atoms with Crippen molar-refractivity contribution in [3.05, 3.63) is 76.1 Å². The molecule has 3 aromatic rings. The molecule has 2 N–H and O–H groups in total. The minimum atomic E-state index is -4.83. The Bertz CT molecular complexity index is 1160. The Morgan fingerprint density at radius 3 is 2.22 bits per heavy atom. The number of anilines is 1. The van der Waals surface area contributed by atoms with Crippen LogP contribution >= 0.6 is 0 Å². The molecule has 0 saturated carbocycles. The first-order valence-corrected chi connectivity index (χ1v) is 9.86. The molecule has 0 spiro atoms. The van der Waals surface area contributed by atoms with Gasteiger partial charge in [0.1, 0.15) is 0 Å². The third kappa shape index (κ3) is 4.82. The second kappa shape index (κ2) is 8.86. The fourth-order valence-electron chi connectivity index (χ4n) is 3.59. The zero-order valence-electron chi connectivity index (χ0n) is 18.1. The summed E-state index contributed by atoms with van der Waals surface area (Å²) in [6, 6.07) is 10.2. The van der Waals surface area contributed by atoms with Gasteiger partial charge in [0, 0.05) is 5.69 Å². The molecule has 0 fully saturated rings. The van der Waals surface area contributed by atoms with Crippen LogP contribution in [-0.4, -0.2) is 28.1 Å². The normalized spacial score (nSPS) is 11.3. The van der Waals surface area contributed by atoms with Gasteiger partial charge in [-0.3, -0.25) is 9.59 Å². The van der Waals surface area contributed by atoms with Gasteiger partial charge in [0.25, 0.3) is 5.91 Å². The lowest BCUT2D eigenvalue weighted by molar-refractivity contribution is -0.143. The highest BCUT2D eigenvalue weighted by atomic mass is 19.4. The van der Waals surface area contributed by atoms with Crippen LogP contribution in [0.1, 0.15) is 38.3 Å². The van der Waals surface area contributed by atoms with E-state index in [2.05, 4.69) is 15.7 Å². The summed E-state index contributed by atoms with van der Waals surface area (Å²) in [4.78, 5) is 24.9. The van der Waals surface area contributed by atoms with Crippen LogP contribution in [0.2, 0.25) is 0 Å². The van der Waals surface area contributed by atoms with Gasteiger partial charge in [0.15, 0.2) is 5.69 Å². The molecule has 2 amide bonds. The molecule has 0 atom stereocenters. The average molecular weight is 444 g/mol. The number of nitrogens with one attached hydrogen (secondary N) is 2. The van der Waals surface area contributed by atoms with E-state index in [1.54, 1.807) is 25.1 Å². The molecule has 0 saturated heterocycles. The fourth-order valence-corrected chi connectivity index (χ4v) is 3.59. The van der Waals surface area contributed by atoms with Gasteiger partial charge in [-0.1, -0.05) is 35.9 Å². The number of rotatable bonds is 5. The van der Waals surface area contributed by atoms with Crippen molar-refractivity contribution >= 4 is 17.5 Å². The zero-order chi connectivity index (χ0) is 23.6. The number of alkyl halides is 3. The molecule has 3 rings (SSSR count). The van der Waals surface area contributed by atoms with Crippen molar-refractivity contribution in [3.63, 3.8) is 0 Å². The van der Waals surface area contributed by atoms with Crippen LogP contribution in [0.3, 0.4) is 0 Å². The summed E-state index contributed by atoms with van der Waals surface area (Å²) in [6.07, 6.45) is -3.97. The highest BCUT2D eigenvalue weighted by molar-refractivity contribution is 6.00. The van der Waals surface area contributed by atoms with E-state index in [0.29, 0.717) is 15.9 Å². The van der Waals surface area contributed by atoms with E-state index in [0.717, 1.165) is 22.9 Å². The Kier molecular flexibility index (Phi) is 6.38. The summed E-state index contributed by atoms with van der Waals surface area (Å²) in [5.41, 5.74) is 2.27. The molecule has 1 aromatic heterocycles. The number of halogens is 3. The number of amides is 2. The van der Waals surface area contributed by atoms with Crippen LogP contribution in [0.4, 0.5) is 18.9 Å². The third-order valence-corrected chi connectivity index (χ3v) is 4.98. The molecule has 0 aliphatic heterocycles. The van der Waals surface area contributed by atoms with Crippen molar-refractivity contribution < 1.29 is 22.8 Å². The number of hydrogen-bond acceptors (Lipinski definition) is 3. The number of nitrogens with zero attached hydrogens (tertiary/aromatic N) is 2. The average Bonchev–Trinajstić information content (AvgIpc) is 3.15. The Morgan fingerprint density at radius 2 is 1.62 bits per heavy atom. The van der Waals surface area contributed by atoms with Gasteiger partial charge in [-0.05, 0) is 50.5 Å². The molecule has 0 aliphatic rings. The van der Waals surface area contributed by atoms with Gasteiger partial charge in [-0.15, -0.1) is 0 Å². The van der Waals surface area contributed by atoms with Gasteiger partial charge >= 0.3 is 6.18 Å². The lowest BCUT2D eigenvalue weighted by atomic mass is 10.1. The van der Waals surface area contributed by atoms with Crippen LogP contribution in [0.25, 0.3) is 5.69 Å². The van der Waals surface area contributed by atoms with E-state index in [-0.39, 0.29) is 5.69 Å². The maximum atomic E-state index is 13.8. The van der Waals surface area contributed by atoms with E-state index in [4.69, 9.17) is 0 Å².